The number of rotatable bonds is 6. The number of benzene rings is 2. The molecule has 7 heteroatoms. The van der Waals surface area contributed by atoms with E-state index in [0.717, 1.165) is 12.1 Å². The molecule has 0 fully saturated rings. The first-order chi connectivity index (χ1) is 12.0. The van der Waals surface area contributed by atoms with Crippen molar-refractivity contribution in [3.05, 3.63) is 54.3 Å². The van der Waals surface area contributed by atoms with Crippen molar-refractivity contribution in [3.63, 3.8) is 0 Å². The van der Waals surface area contributed by atoms with Gasteiger partial charge in [-0.25, -0.2) is 12.8 Å². The molecule has 25 heavy (non-hydrogen) atoms. The van der Waals surface area contributed by atoms with Crippen LogP contribution in [0.2, 0.25) is 0 Å². The van der Waals surface area contributed by atoms with Gasteiger partial charge in [0, 0.05) is 6.54 Å². The predicted molar refractivity (Wildman–Crippen MR) is 91.8 cm³/mol. The van der Waals surface area contributed by atoms with Crippen LogP contribution in [0.15, 0.2) is 53.4 Å². The molecule has 0 N–H and O–H groups in total. The second-order valence-electron chi connectivity index (χ2n) is 5.81. The molecule has 134 valence electrons. The van der Waals surface area contributed by atoms with Crippen LogP contribution in [0.3, 0.4) is 0 Å². The molecule has 2 aromatic carbocycles. The highest BCUT2D eigenvalue weighted by molar-refractivity contribution is 7.89. The molecule has 5 nitrogen and oxygen atoms in total. The molecule has 0 bridgehead atoms. The molecule has 0 amide bonds. The zero-order valence-corrected chi connectivity index (χ0v) is 14.7. The highest BCUT2D eigenvalue weighted by Crippen LogP contribution is 2.31. The van der Waals surface area contributed by atoms with Crippen LogP contribution in [0.1, 0.15) is 13.3 Å². The van der Waals surface area contributed by atoms with Crippen molar-refractivity contribution in [2.24, 2.45) is 0 Å². The Morgan fingerprint density at radius 3 is 2.48 bits per heavy atom. The Morgan fingerprint density at radius 2 is 1.80 bits per heavy atom. The van der Waals surface area contributed by atoms with Gasteiger partial charge in [0.1, 0.15) is 18.5 Å². The molecule has 1 unspecified atom stereocenters. The molecular weight excluding hydrogens is 345 g/mol. The molecule has 1 heterocycles. The number of fused-ring (bicyclic) bond motifs is 1. The van der Waals surface area contributed by atoms with Gasteiger partial charge in [-0.15, -0.1) is 0 Å². The largest absolute Gasteiger partial charge is 0.486 e. The third-order valence-corrected chi connectivity index (χ3v) is 5.78. The van der Waals surface area contributed by atoms with Crippen molar-refractivity contribution in [1.82, 2.24) is 4.31 Å². The number of halogens is 1. The van der Waals surface area contributed by atoms with E-state index in [-0.39, 0.29) is 18.0 Å². The van der Waals surface area contributed by atoms with Gasteiger partial charge in [-0.2, -0.15) is 4.31 Å². The average molecular weight is 365 g/mol. The standard InChI is InChI=1S/C18H20FNO4S/c1-2-11-20(25(21,22)16-9-7-14(19)8-10-16)12-15-13-23-17-5-3-4-6-18(17)24-15/h3-10,15H,2,11-13H2,1H3. The first kappa shape index (κ1) is 17.7. The maximum absolute atomic E-state index is 13.1. The number of sulfonamides is 1. The quantitative estimate of drug-likeness (QED) is 0.789. The molecular formula is C18H20FNO4S. The number of hydrogen-bond acceptors (Lipinski definition) is 4. The fourth-order valence-electron chi connectivity index (χ4n) is 2.69. The van der Waals surface area contributed by atoms with Crippen molar-refractivity contribution in [3.8, 4) is 11.5 Å². The summed E-state index contributed by atoms with van der Waals surface area (Å²) in [6.07, 6.45) is 0.251. The molecule has 0 spiro atoms. The van der Waals surface area contributed by atoms with Crippen LogP contribution in [0, 0.1) is 5.82 Å². The fraction of sp³-hybridized carbons (Fsp3) is 0.333. The van der Waals surface area contributed by atoms with Gasteiger partial charge in [0.15, 0.2) is 11.5 Å². The molecule has 0 saturated heterocycles. The molecule has 0 saturated carbocycles. The first-order valence-electron chi connectivity index (χ1n) is 8.15. The van der Waals surface area contributed by atoms with E-state index < -0.39 is 21.9 Å². The van der Waals surface area contributed by atoms with Crippen molar-refractivity contribution in [2.75, 3.05) is 19.7 Å². The summed E-state index contributed by atoms with van der Waals surface area (Å²) >= 11 is 0. The van der Waals surface area contributed by atoms with Crippen LogP contribution in [0.5, 0.6) is 11.5 Å². The number of nitrogens with zero attached hydrogens (tertiary/aromatic N) is 1. The Morgan fingerprint density at radius 1 is 1.12 bits per heavy atom. The molecule has 1 aliphatic heterocycles. The van der Waals surface area contributed by atoms with Gasteiger partial charge in [-0.05, 0) is 42.8 Å². The average Bonchev–Trinajstić information content (AvgIpc) is 2.61. The fourth-order valence-corrected chi connectivity index (χ4v) is 4.26. The first-order valence-corrected chi connectivity index (χ1v) is 9.59. The monoisotopic (exact) mass is 365 g/mol. The van der Waals surface area contributed by atoms with Crippen molar-refractivity contribution in [2.45, 2.75) is 24.3 Å². The Balaban J connectivity index is 1.79. The summed E-state index contributed by atoms with van der Waals surface area (Å²) in [4.78, 5) is 0.0690. The Labute approximate surface area is 147 Å². The third-order valence-electron chi connectivity index (χ3n) is 3.90. The van der Waals surface area contributed by atoms with Gasteiger partial charge in [-0.3, -0.25) is 0 Å². The van der Waals surface area contributed by atoms with Crippen molar-refractivity contribution in [1.29, 1.82) is 0 Å². The number of hydrogen-bond donors (Lipinski definition) is 0. The Bertz CT molecular complexity index is 823. The smallest absolute Gasteiger partial charge is 0.243 e. The maximum atomic E-state index is 13.1. The molecule has 0 aliphatic carbocycles. The molecule has 1 atom stereocenters. The summed E-state index contributed by atoms with van der Waals surface area (Å²) in [6, 6.07) is 12.1. The van der Waals surface area contributed by atoms with Crippen LogP contribution < -0.4 is 9.47 Å². The van der Waals surface area contributed by atoms with E-state index in [1.54, 1.807) is 6.07 Å². The normalized spacial score (nSPS) is 16.8. The van der Waals surface area contributed by atoms with Gasteiger partial charge in [-0.1, -0.05) is 19.1 Å². The summed E-state index contributed by atoms with van der Waals surface area (Å²) in [5.41, 5.74) is 0. The van der Waals surface area contributed by atoms with Gasteiger partial charge in [0.05, 0.1) is 11.4 Å². The minimum absolute atomic E-state index is 0.0690. The lowest BCUT2D eigenvalue weighted by Crippen LogP contribution is -2.44. The van der Waals surface area contributed by atoms with Gasteiger partial charge < -0.3 is 9.47 Å². The molecule has 0 aromatic heterocycles. The van der Waals surface area contributed by atoms with Crippen LogP contribution in [-0.2, 0) is 10.0 Å². The zero-order chi connectivity index (χ0) is 17.9. The Hall–Kier alpha value is -2.12. The SMILES string of the molecule is CCCN(CC1COc2ccccc2O1)S(=O)(=O)c1ccc(F)cc1. The summed E-state index contributed by atoms with van der Waals surface area (Å²) in [7, 11) is -3.73. The predicted octanol–water partition coefficient (Wildman–Crippen LogP) is 3.07. The van der Waals surface area contributed by atoms with E-state index in [1.165, 1.54) is 16.4 Å². The van der Waals surface area contributed by atoms with E-state index in [4.69, 9.17) is 9.47 Å². The van der Waals surface area contributed by atoms with E-state index in [0.29, 0.717) is 24.5 Å². The molecule has 0 radical (unpaired) electrons. The highest BCUT2D eigenvalue weighted by Gasteiger charge is 2.30. The summed E-state index contributed by atoms with van der Waals surface area (Å²) < 4.78 is 51.7. The van der Waals surface area contributed by atoms with Crippen LogP contribution in [-0.4, -0.2) is 38.5 Å². The van der Waals surface area contributed by atoms with Crippen LogP contribution >= 0.6 is 0 Å². The van der Waals surface area contributed by atoms with Crippen LogP contribution in [0.25, 0.3) is 0 Å². The maximum Gasteiger partial charge on any atom is 0.243 e. The minimum atomic E-state index is -3.73. The second-order valence-corrected chi connectivity index (χ2v) is 7.75. The minimum Gasteiger partial charge on any atom is -0.486 e. The third kappa shape index (κ3) is 3.93. The van der Waals surface area contributed by atoms with Crippen LogP contribution in [0.4, 0.5) is 4.39 Å². The molecule has 2 aromatic rings. The molecule has 1 aliphatic rings. The van der Waals surface area contributed by atoms with Gasteiger partial charge >= 0.3 is 0 Å². The topological polar surface area (TPSA) is 55.8 Å². The molecule has 3 rings (SSSR count). The highest BCUT2D eigenvalue weighted by atomic mass is 32.2. The van der Waals surface area contributed by atoms with Crippen molar-refractivity contribution >= 4 is 10.0 Å². The summed E-state index contributed by atoms with van der Waals surface area (Å²) in [5.74, 6) is 0.790. The van der Waals surface area contributed by atoms with Gasteiger partial charge in [0.25, 0.3) is 0 Å². The number of ether oxygens (including phenoxy) is 2. The van der Waals surface area contributed by atoms with E-state index in [2.05, 4.69) is 0 Å². The lowest BCUT2D eigenvalue weighted by molar-refractivity contribution is 0.0764. The number of para-hydroxylation sites is 2. The summed E-state index contributed by atoms with van der Waals surface area (Å²) in [6.45, 7) is 2.69. The lowest BCUT2D eigenvalue weighted by Gasteiger charge is -2.30. The summed E-state index contributed by atoms with van der Waals surface area (Å²) in [5, 5.41) is 0. The lowest BCUT2D eigenvalue weighted by atomic mass is 10.2. The van der Waals surface area contributed by atoms with E-state index in [9.17, 15) is 12.8 Å². The second kappa shape index (κ2) is 7.41. The van der Waals surface area contributed by atoms with Gasteiger partial charge in [0.2, 0.25) is 10.0 Å². The van der Waals surface area contributed by atoms with Crippen molar-refractivity contribution < 1.29 is 22.3 Å². The van der Waals surface area contributed by atoms with E-state index >= 15 is 0 Å². The van der Waals surface area contributed by atoms with E-state index in [1.807, 2.05) is 25.1 Å². The zero-order valence-electron chi connectivity index (χ0n) is 13.9. The Kier molecular flexibility index (Phi) is 5.24.